The van der Waals surface area contributed by atoms with E-state index in [1.807, 2.05) is 13.8 Å². The molecule has 0 radical (unpaired) electrons. The van der Waals surface area contributed by atoms with Gasteiger partial charge in [0.1, 0.15) is 0 Å². The molecule has 0 aromatic heterocycles. The Bertz CT molecular complexity index is 245. The molecule has 1 nitrogen and oxygen atoms in total. The number of hydrogen-bond acceptors (Lipinski definition) is 4. The number of rotatable bonds is 2. The highest BCUT2D eigenvalue weighted by Gasteiger charge is 2.14. The first-order chi connectivity index (χ1) is 4.96. The van der Waals surface area contributed by atoms with Crippen LogP contribution < -0.4 is 0 Å². The van der Waals surface area contributed by atoms with Crippen molar-refractivity contribution in [2.24, 2.45) is 5.92 Å². The summed E-state index contributed by atoms with van der Waals surface area (Å²) in [4.78, 5) is -0.885. The van der Waals surface area contributed by atoms with E-state index in [0.29, 0.717) is 0 Å². The van der Waals surface area contributed by atoms with Gasteiger partial charge in [0.2, 0.25) is 0 Å². The largest absolute Gasteiger partial charge is 0.411 e. The molecule has 11 heavy (non-hydrogen) atoms. The summed E-state index contributed by atoms with van der Waals surface area (Å²) in [6, 6.07) is 0. The Hall–Kier alpha value is 0.310. The minimum absolute atomic E-state index is 0.108. The van der Waals surface area contributed by atoms with Crippen molar-refractivity contribution in [3.63, 3.8) is 0 Å². The fraction of sp³-hybridized carbons (Fsp3) is 0.714. The number of aliphatic hydroxyl groups is 1. The summed E-state index contributed by atoms with van der Waals surface area (Å²) < 4.78 is 5.04. The predicted molar refractivity (Wildman–Crippen MR) is 58.0 cm³/mol. The molecule has 0 saturated heterocycles. The second-order valence-electron chi connectivity index (χ2n) is 2.68. The van der Waals surface area contributed by atoms with Gasteiger partial charge in [-0.1, -0.05) is 45.2 Å². The van der Waals surface area contributed by atoms with Gasteiger partial charge in [-0.15, -0.1) is 0 Å². The van der Waals surface area contributed by atoms with Gasteiger partial charge in [0.05, 0.1) is 0 Å². The minimum atomic E-state index is -0.885. The molecule has 4 heteroatoms. The molecule has 0 bridgehead atoms. The van der Waals surface area contributed by atoms with E-state index in [2.05, 4.69) is 33.1 Å². The molecular weight excluding hydrogens is 196 g/mol. The lowest BCUT2D eigenvalue weighted by molar-refractivity contribution is 0.108. The summed E-state index contributed by atoms with van der Waals surface area (Å²) in [5, 5.41) is 9.81. The van der Waals surface area contributed by atoms with E-state index < -0.39 is 15.0 Å². The monoisotopic (exact) mass is 207 g/mol. The van der Waals surface area contributed by atoms with Gasteiger partial charge < -0.3 is 15.2 Å². The van der Waals surface area contributed by atoms with Crippen LogP contribution in [0.2, 0.25) is 0 Å². The number of thiocarbonyl (C=S) groups is 2. The lowest BCUT2D eigenvalue weighted by Crippen LogP contribution is -2.32. The summed E-state index contributed by atoms with van der Waals surface area (Å²) in [5.41, 5.74) is 0. The molecule has 0 aliphatic rings. The van der Waals surface area contributed by atoms with Gasteiger partial charge in [0.15, 0.2) is 0 Å². The predicted octanol–water partition coefficient (Wildman–Crippen LogP) is 1.64. The molecule has 0 saturated carbocycles. The quantitative estimate of drug-likeness (QED) is 0.549. The van der Waals surface area contributed by atoms with Crippen LogP contribution in [0, 0.1) is 5.92 Å². The molecule has 0 rings (SSSR count). The van der Waals surface area contributed by atoms with Gasteiger partial charge in [-0.25, -0.2) is 0 Å². The molecule has 1 atom stereocenters. The molecule has 0 heterocycles. The third-order valence-corrected chi connectivity index (χ3v) is 4.28. The molecule has 0 fully saturated rings. The van der Waals surface area contributed by atoms with Gasteiger partial charge in [-0.2, -0.15) is 8.63 Å². The van der Waals surface area contributed by atoms with E-state index in [0.717, 1.165) is 0 Å². The van der Waals surface area contributed by atoms with Crippen molar-refractivity contribution in [2.45, 2.75) is 25.7 Å². The van der Waals surface area contributed by atoms with E-state index in [-0.39, 0.29) is 5.92 Å². The zero-order valence-corrected chi connectivity index (χ0v) is 9.20. The first-order valence-electron chi connectivity index (χ1n) is 3.19. The van der Waals surface area contributed by atoms with E-state index in [1.54, 1.807) is 6.92 Å². The van der Waals surface area contributed by atoms with Crippen LogP contribution in [-0.2, 0) is 10.1 Å². The third kappa shape index (κ3) is 2.68. The molecule has 64 valence electrons. The normalized spacial score (nSPS) is 15.8. The van der Waals surface area contributed by atoms with Gasteiger partial charge >= 0.3 is 0 Å². The van der Waals surface area contributed by atoms with E-state index in [9.17, 15) is 5.11 Å². The summed E-state index contributed by atoms with van der Waals surface area (Å²) in [6.45, 7) is 5.54. The Labute approximate surface area is 79.9 Å². The maximum Gasteiger partial charge on any atom is 0.000442 e. The molecule has 0 aliphatic heterocycles. The van der Waals surface area contributed by atoms with Crippen molar-refractivity contribution < 1.29 is 5.11 Å². The van der Waals surface area contributed by atoms with Crippen LogP contribution in [0.4, 0.5) is 0 Å². The van der Waals surface area contributed by atoms with Crippen LogP contribution in [0.1, 0.15) is 20.8 Å². The second-order valence-corrected chi connectivity index (χ2v) is 5.45. The van der Waals surface area contributed by atoms with Gasteiger partial charge in [0.25, 0.3) is 0 Å². The Balaban J connectivity index is 5.16. The smallest absolute Gasteiger partial charge is 0.000442 e. The molecule has 0 aliphatic carbocycles. The Kier molecular flexibility index (Phi) is 4.49. The van der Waals surface area contributed by atoms with Gasteiger partial charge in [-0.05, 0) is 5.92 Å². The molecule has 0 amide bonds. The second kappa shape index (κ2) is 4.36. The highest BCUT2D eigenvalue weighted by molar-refractivity contribution is 8.07. The van der Waals surface area contributed by atoms with Crippen molar-refractivity contribution in [3.05, 3.63) is 0 Å². The third-order valence-electron chi connectivity index (χ3n) is 1.65. The van der Waals surface area contributed by atoms with E-state index in [4.69, 9.17) is 0 Å². The zero-order valence-electron chi connectivity index (χ0n) is 6.75. The highest BCUT2D eigenvalue weighted by atomic mass is 32.2. The maximum absolute atomic E-state index is 9.81. The summed E-state index contributed by atoms with van der Waals surface area (Å²) in [7, 11) is -0.694. The molecule has 0 aromatic rings. The van der Waals surface area contributed by atoms with Gasteiger partial charge in [0, 0.05) is 4.93 Å². The van der Waals surface area contributed by atoms with Crippen LogP contribution in [-0.4, -0.2) is 18.7 Å². The van der Waals surface area contributed by atoms with Crippen molar-refractivity contribution >= 4 is 43.1 Å². The summed E-state index contributed by atoms with van der Waals surface area (Å²) in [5.74, 6) is 0.108. The van der Waals surface area contributed by atoms with Crippen LogP contribution >= 0.6 is 24.4 Å². The molecule has 1 N–H and O–H groups in total. The Morgan fingerprint density at radius 1 is 1.36 bits per heavy atom. The van der Waals surface area contributed by atoms with Crippen molar-refractivity contribution in [1.82, 2.24) is 0 Å². The van der Waals surface area contributed by atoms with Crippen molar-refractivity contribution in [1.29, 1.82) is 0 Å². The topological polar surface area (TPSA) is 20.2 Å². The summed E-state index contributed by atoms with van der Waals surface area (Å²) in [6.07, 6.45) is 0. The SMILES string of the molecule is CC(C)C(C)(O)[S-](=C=S)=C=S. The molecular formula is C7H11OS3-. The van der Waals surface area contributed by atoms with Crippen LogP contribution in [0.25, 0.3) is 0 Å². The summed E-state index contributed by atoms with van der Waals surface area (Å²) >= 11 is 9.23. The Morgan fingerprint density at radius 3 is 1.82 bits per heavy atom. The van der Waals surface area contributed by atoms with Crippen LogP contribution in [0.15, 0.2) is 0 Å². The fourth-order valence-corrected chi connectivity index (χ4v) is 2.68. The lowest BCUT2D eigenvalue weighted by atomic mass is 10.1. The minimum Gasteiger partial charge on any atom is -0.411 e. The average molecular weight is 207 g/mol. The molecule has 1 unspecified atom stereocenters. The molecule has 0 spiro atoms. The number of hydrogen-bond donors (Lipinski definition) is 1. The zero-order chi connectivity index (χ0) is 9.07. The van der Waals surface area contributed by atoms with Gasteiger partial charge in [-0.3, -0.25) is 0 Å². The lowest BCUT2D eigenvalue weighted by Gasteiger charge is -2.33. The standard InChI is InChI=1S/C7H11OS3/c1-6(2)7(3,8)11(4-9)5-10/h6,8H,1-3H3/q-1. The van der Waals surface area contributed by atoms with Crippen molar-refractivity contribution in [2.75, 3.05) is 0 Å². The van der Waals surface area contributed by atoms with Crippen molar-refractivity contribution in [3.8, 4) is 0 Å². The van der Waals surface area contributed by atoms with Crippen LogP contribution in [0.3, 0.4) is 0 Å². The van der Waals surface area contributed by atoms with Crippen LogP contribution in [0.5, 0.6) is 0 Å². The maximum atomic E-state index is 9.81. The highest BCUT2D eigenvalue weighted by Crippen LogP contribution is 2.16. The first-order valence-corrected chi connectivity index (χ1v) is 5.23. The Morgan fingerprint density at radius 2 is 1.73 bits per heavy atom. The fourth-order valence-electron chi connectivity index (χ4n) is 0.421. The average Bonchev–Trinajstić information content (AvgIpc) is 1.89. The first kappa shape index (κ1) is 11.3. The van der Waals surface area contributed by atoms with E-state index in [1.165, 1.54) is 0 Å². The van der Waals surface area contributed by atoms with E-state index >= 15 is 0 Å². The molecule has 0 aromatic carbocycles.